The van der Waals surface area contributed by atoms with Gasteiger partial charge in [0.2, 0.25) is 11.8 Å². The summed E-state index contributed by atoms with van der Waals surface area (Å²) in [4.78, 5) is 42.8. The van der Waals surface area contributed by atoms with Crippen LogP contribution < -0.4 is 15.4 Å². The second kappa shape index (κ2) is 11.7. The number of ether oxygens (including phenoxy) is 1. The van der Waals surface area contributed by atoms with Crippen LogP contribution in [0.1, 0.15) is 44.2 Å². The zero-order valence-corrected chi connectivity index (χ0v) is 20.2. The summed E-state index contributed by atoms with van der Waals surface area (Å²) in [7, 11) is 0. The van der Waals surface area contributed by atoms with Gasteiger partial charge >= 0.3 is 6.03 Å². The van der Waals surface area contributed by atoms with Crippen molar-refractivity contribution in [1.29, 1.82) is 0 Å². The van der Waals surface area contributed by atoms with E-state index in [1.54, 1.807) is 11.0 Å². The summed E-state index contributed by atoms with van der Waals surface area (Å²) in [6, 6.07) is 16.5. The third kappa shape index (κ3) is 6.53. The highest BCUT2D eigenvalue weighted by molar-refractivity contribution is 5.91. The molecule has 1 aliphatic carbocycles. The third-order valence-corrected chi connectivity index (χ3v) is 6.40. The van der Waals surface area contributed by atoms with Crippen LogP contribution in [0.2, 0.25) is 0 Å². The van der Waals surface area contributed by atoms with Crippen molar-refractivity contribution < 1.29 is 19.1 Å². The molecule has 2 aromatic carbocycles. The molecular weight excluding hydrogens is 444 g/mol. The van der Waals surface area contributed by atoms with E-state index < -0.39 is 0 Å². The fourth-order valence-electron chi connectivity index (χ4n) is 4.44. The van der Waals surface area contributed by atoms with Crippen molar-refractivity contribution in [2.45, 2.75) is 38.6 Å². The maximum atomic E-state index is 13.2. The number of carbonyl (C=O) groups excluding carboxylic acids is 3. The average molecular weight is 479 g/mol. The largest absolute Gasteiger partial charge is 0.492 e. The number of benzene rings is 2. The highest BCUT2D eigenvalue weighted by Gasteiger charge is 2.37. The van der Waals surface area contributed by atoms with Crippen LogP contribution in [0.3, 0.4) is 0 Å². The monoisotopic (exact) mass is 478 g/mol. The number of rotatable bonds is 5. The fraction of sp³-hybridized carbons (Fsp3) is 0.444. The molecule has 1 atom stereocenters. The van der Waals surface area contributed by atoms with Gasteiger partial charge in [-0.3, -0.25) is 9.59 Å². The van der Waals surface area contributed by atoms with Crippen molar-refractivity contribution in [1.82, 2.24) is 15.1 Å². The summed E-state index contributed by atoms with van der Waals surface area (Å²) >= 11 is 0. The van der Waals surface area contributed by atoms with Gasteiger partial charge in [-0.05, 0) is 43.9 Å². The lowest BCUT2D eigenvalue weighted by molar-refractivity contribution is -0.136. The molecule has 2 aromatic rings. The molecule has 8 nitrogen and oxygen atoms in total. The number of anilines is 1. The first kappa shape index (κ1) is 24.6. The maximum Gasteiger partial charge on any atom is 0.322 e. The lowest BCUT2D eigenvalue weighted by Gasteiger charge is -2.32. The summed E-state index contributed by atoms with van der Waals surface area (Å²) in [5.74, 6) is 0.634. The van der Waals surface area contributed by atoms with Crippen LogP contribution in [0.25, 0.3) is 0 Å². The number of nitrogens with one attached hydrogen (secondary N) is 2. The normalized spacial score (nSPS) is 19.3. The van der Waals surface area contributed by atoms with Crippen LogP contribution in [0.15, 0.2) is 54.6 Å². The predicted molar refractivity (Wildman–Crippen MR) is 134 cm³/mol. The van der Waals surface area contributed by atoms with E-state index >= 15 is 0 Å². The van der Waals surface area contributed by atoms with Gasteiger partial charge in [-0.15, -0.1) is 0 Å². The summed E-state index contributed by atoms with van der Waals surface area (Å²) < 4.78 is 5.63. The Labute approximate surface area is 206 Å². The molecule has 2 N–H and O–H groups in total. The summed E-state index contributed by atoms with van der Waals surface area (Å²) in [6.45, 7) is 4.07. The molecule has 0 spiro atoms. The number of nitrogens with zero attached hydrogens (tertiary/aromatic N) is 2. The molecule has 1 aliphatic heterocycles. The Hall–Kier alpha value is -3.55. The van der Waals surface area contributed by atoms with Crippen molar-refractivity contribution in [3.63, 3.8) is 0 Å². The van der Waals surface area contributed by atoms with Crippen LogP contribution in [0.4, 0.5) is 10.5 Å². The van der Waals surface area contributed by atoms with Gasteiger partial charge in [0.05, 0.1) is 24.8 Å². The van der Waals surface area contributed by atoms with Crippen LogP contribution in [0, 0.1) is 5.92 Å². The van der Waals surface area contributed by atoms with Gasteiger partial charge in [-0.1, -0.05) is 42.5 Å². The Kier molecular flexibility index (Phi) is 8.23. The molecule has 35 heavy (non-hydrogen) atoms. The van der Waals surface area contributed by atoms with Crippen LogP contribution in [-0.4, -0.2) is 60.4 Å². The average Bonchev–Trinajstić information content (AvgIpc) is 3.71. The molecule has 2 fully saturated rings. The zero-order chi connectivity index (χ0) is 24.6. The van der Waals surface area contributed by atoms with E-state index in [1.807, 2.05) is 60.4 Å². The summed E-state index contributed by atoms with van der Waals surface area (Å²) in [6.07, 6.45) is 2.63. The highest BCUT2D eigenvalue weighted by Crippen LogP contribution is 2.35. The lowest BCUT2D eigenvalue weighted by atomic mass is 10.0. The fourth-order valence-corrected chi connectivity index (χ4v) is 4.44. The Balaban J connectivity index is 1.50. The molecule has 1 saturated heterocycles. The van der Waals surface area contributed by atoms with Crippen LogP contribution in [-0.2, 0) is 9.59 Å². The summed E-state index contributed by atoms with van der Waals surface area (Å²) in [5.41, 5.74) is 1.56. The smallest absolute Gasteiger partial charge is 0.322 e. The highest BCUT2D eigenvalue weighted by atomic mass is 16.5. The second-order valence-electron chi connectivity index (χ2n) is 8.99. The Morgan fingerprint density at radius 3 is 2.51 bits per heavy atom. The topological polar surface area (TPSA) is 91.0 Å². The molecule has 0 radical (unpaired) electrons. The number of urea groups is 1. The number of amides is 4. The van der Waals surface area contributed by atoms with E-state index in [0.717, 1.165) is 18.4 Å². The molecule has 1 heterocycles. The standard InChI is InChI=1S/C27H34N4O4/c1-2-35-24-12-7-6-11-22(24)29-27(34)30-16-8-17-31(26(33)21-13-14-21)23(19-25(32)28-15-18-30)20-9-4-3-5-10-20/h3-7,9-12,21,23H,2,8,13-19H2,1H3,(H,28,32)(H,29,34). The second-order valence-corrected chi connectivity index (χ2v) is 8.99. The Morgan fingerprint density at radius 2 is 1.77 bits per heavy atom. The minimum atomic E-state index is -0.317. The van der Waals surface area contributed by atoms with E-state index in [4.69, 9.17) is 4.74 Å². The van der Waals surface area contributed by atoms with Gasteiger partial charge in [0.25, 0.3) is 0 Å². The SMILES string of the molecule is CCOc1ccccc1NC(=O)N1CCCN(C(=O)C2CC2)C(c2ccccc2)CC(=O)NCC1. The van der Waals surface area contributed by atoms with Gasteiger partial charge in [-0.25, -0.2) is 4.79 Å². The number of hydrogen-bond acceptors (Lipinski definition) is 4. The first-order valence-electron chi connectivity index (χ1n) is 12.5. The van der Waals surface area contributed by atoms with Gasteiger partial charge in [-0.2, -0.15) is 0 Å². The van der Waals surface area contributed by atoms with Crippen LogP contribution >= 0.6 is 0 Å². The first-order chi connectivity index (χ1) is 17.1. The first-order valence-corrected chi connectivity index (χ1v) is 12.5. The Bertz CT molecular complexity index is 1020. The number of hydrogen-bond donors (Lipinski definition) is 2. The lowest BCUT2D eigenvalue weighted by Crippen LogP contribution is -2.41. The van der Waals surface area contributed by atoms with Crippen molar-refractivity contribution in [2.75, 3.05) is 38.1 Å². The van der Waals surface area contributed by atoms with Gasteiger partial charge < -0.3 is 25.2 Å². The van der Waals surface area contributed by atoms with Crippen molar-refractivity contribution in [3.05, 3.63) is 60.2 Å². The predicted octanol–water partition coefficient (Wildman–Crippen LogP) is 3.81. The zero-order valence-electron chi connectivity index (χ0n) is 20.2. The molecule has 1 unspecified atom stereocenters. The van der Waals surface area contributed by atoms with Crippen LogP contribution in [0.5, 0.6) is 5.75 Å². The third-order valence-electron chi connectivity index (χ3n) is 6.40. The molecule has 4 amide bonds. The molecule has 2 aliphatic rings. The molecule has 4 rings (SSSR count). The van der Waals surface area contributed by atoms with Crippen molar-refractivity contribution >= 4 is 23.5 Å². The Morgan fingerprint density at radius 1 is 1.03 bits per heavy atom. The van der Waals surface area contributed by atoms with E-state index in [-0.39, 0.29) is 36.2 Å². The van der Waals surface area contributed by atoms with Gasteiger partial charge in [0.15, 0.2) is 0 Å². The molecule has 8 heteroatoms. The molecular formula is C27H34N4O4. The van der Waals surface area contributed by atoms with Crippen molar-refractivity contribution in [3.8, 4) is 5.75 Å². The van der Waals surface area contributed by atoms with Gasteiger partial charge in [0.1, 0.15) is 5.75 Å². The molecule has 1 saturated carbocycles. The van der Waals surface area contributed by atoms with E-state index in [2.05, 4.69) is 10.6 Å². The van der Waals surface area contributed by atoms with E-state index in [1.165, 1.54) is 0 Å². The molecule has 0 bridgehead atoms. The van der Waals surface area contributed by atoms with Gasteiger partial charge in [0, 0.05) is 32.1 Å². The minimum absolute atomic E-state index is 0.0453. The molecule has 186 valence electrons. The molecule has 0 aromatic heterocycles. The minimum Gasteiger partial charge on any atom is -0.492 e. The maximum absolute atomic E-state index is 13.2. The van der Waals surface area contributed by atoms with E-state index in [9.17, 15) is 14.4 Å². The number of carbonyl (C=O) groups is 3. The quantitative estimate of drug-likeness (QED) is 0.684. The van der Waals surface area contributed by atoms with E-state index in [0.29, 0.717) is 50.6 Å². The summed E-state index contributed by atoms with van der Waals surface area (Å²) in [5, 5.41) is 5.88. The number of para-hydroxylation sites is 2. The van der Waals surface area contributed by atoms with Crippen molar-refractivity contribution in [2.24, 2.45) is 5.92 Å².